The second kappa shape index (κ2) is 10.2. The van der Waals surface area contributed by atoms with Crippen molar-refractivity contribution in [2.75, 3.05) is 51.8 Å². The lowest BCUT2D eigenvalue weighted by Crippen LogP contribution is -2.37. The van der Waals surface area contributed by atoms with Crippen molar-refractivity contribution in [2.45, 2.75) is 6.42 Å². The van der Waals surface area contributed by atoms with Gasteiger partial charge in [0.1, 0.15) is 11.6 Å². The number of benzene rings is 2. The van der Waals surface area contributed by atoms with Crippen molar-refractivity contribution in [1.82, 2.24) is 14.9 Å². The van der Waals surface area contributed by atoms with Crippen molar-refractivity contribution < 1.29 is 9.47 Å². The molecule has 0 bridgehead atoms. The summed E-state index contributed by atoms with van der Waals surface area (Å²) < 4.78 is 10.6. The van der Waals surface area contributed by atoms with Gasteiger partial charge in [0.25, 0.3) is 0 Å². The summed E-state index contributed by atoms with van der Waals surface area (Å²) in [4.78, 5) is 11.9. The molecule has 0 aliphatic carbocycles. The van der Waals surface area contributed by atoms with E-state index in [-0.39, 0.29) is 0 Å². The molecular formula is C24H28N4O2. The van der Waals surface area contributed by atoms with E-state index in [2.05, 4.69) is 16.3 Å². The molecule has 1 aromatic heterocycles. The molecule has 1 aliphatic heterocycles. The van der Waals surface area contributed by atoms with E-state index >= 15 is 0 Å². The molecule has 0 spiro atoms. The number of nitrogens with zero attached hydrogens (tertiary/aromatic N) is 3. The second-order valence-corrected chi connectivity index (χ2v) is 7.29. The SMILES string of the molecule is COc1ccc(C=Cc2nc(NCCCN3CCOCC3)c3ccccc3n2)cc1. The summed E-state index contributed by atoms with van der Waals surface area (Å²) in [6, 6.07) is 16.1. The Hall–Kier alpha value is -2.96. The van der Waals surface area contributed by atoms with E-state index in [1.54, 1.807) is 7.11 Å². The fourth-order valence-electron chi connectivity index (χ4n) is 3.52. The molecule has 0 saturated carbocycles. The molecule has 1 N–H and O–H groups in total. The van der Waals surface area contributed by atoms with Crippen LogP contribution in [0.4, 0.5) is 5.82 Å². The molecule has 6 heteroatoms. The van der Waals surface area contributed by atoms with Crippen LogP contribution in [-0.2, 0) is 4.74 Å². The van der Waals surface area contributed by atoms with Crippen LogP contribution in [-0.4, -0.2) is 61.4 Å². The fraction of sp³-hybridized carbons (Fsp3) is 0.333. The van der Waals surface area contributed by atoms with Gasteiger partial charge in [-0.15, -0.1) is 0 Å². The Kier molecular flexibility index (Phi) is 6.90. The van der Waals surface area contributed by atoms with Crippen LogP contribution in [0.5, 0.6) is 5.75 Å². The van der Waals surface area contributed by atoms with E-state index in [4.69, 9.17) is 19.4 Å². The molecular weight excluding hydrogens is 376 g/mol. The normalized spacial score (nSPS) is 15.0. The number of para-hydroxylation sites is 1. The summed E-state index contributed by atoms with van der Waals surface area (Å²) in [5.41, 5.74) is 2.02. The van der Waals surface area contributed by atoms with Gasteiger partial charge in [0.2, 0.25) is 0 Å². The number of hydrogen-bond acceptors (Lipinski definition) is 6. The molecule has 4 rings (SSSR count). The molecule has 156 valence electrons. The van der Waals surface area contributed by atoms with Crippen LogP contribution in [0.1, 0.15) is 17.8 Å². The van der Waals surface area contributed by atoms with Crippen LogP contribution in [0, 0.1) is 0 Å². The maximum atomic E-state index is 5.42. The van der Waals surface area contributed by atoms with E-state index in [1.807, 2.05) is 54.6 Å². The highest BCUT2D eigenvalue weighted by Gasteiger charge is 2.10. The minimum Gasteiger partial charge on any atom is -0.497 e. The van der Waals surface area contributed by atoms with Gasteiger partial charge in [0.15, 0.2) is 5.82 Å². The number of rotatable bonds is 8. The lowest BCUT2D eigenvalue weighted by Gasteiger charge is -2.26. The molecule has 30 heavy (non-hydrogen) atoms. The highest BCUT2D eigenvalue weighted by molar-refractivity contribution is 5.90. The Morgan fingerprint density at radius 3 is 2.63 bits per heavy atom. The Labute approximate surface area is 177 Å². The third-order valence-electron chi connectivity index (χ3n) is 5.21. The van der Waals surface area contributed by atoms with E-state index in [0.29, 0.717) is 5.82 Å². The average Bonchev–Trinajstić information content (AvgIpc) is 2.81. The van der Waals surface area contributed by atoms with Crippen molar-refractivity contribution in [3.8, 4) is 5.75 Å². The van der Waals surface area contributed by atoms with Gasteiger partial charge < -0.3 is 14.8 Å². The minimum atomic E-state index is 0.695. The van der Waals surface area contributed by atoms with Gasteiger partial charge in [0.05, 0.1) is 25.8 Å². The van der Waals surface area contributed by atoms with Crippen LogP contribution in [0.2, 0.25) is 0 Å². The van der Waals surface area contributed by atoms with Crippen LogP contribution in [0.3, 0.4) is 0 Å². The van der Waals surface area contributed by atoms with E-state index < -0.39 is 0 Å². The predicted octanol–water partition coefficient (Wildman–Crippen LogP) is 3.94. The molecule has 0 atom stereocenters. The van der Waals surface area contributed by atoms with E-state index in [0.717, 1.165) is 73.8 Å². The number of morpholine rings is 1. The van der Waals surface area contributed by atoms with Crippen molar-refractivity contribution in [1.29, 1.82) is 0 Å². The lowest BCUT2D eigenvalue weighted by atomic mass is 10.2. The molecule has 1 fully saturated rings. The summed E-state index contributed by atoms with van der Waals surface area (Å²) in [6.45, 7) is 5.68. The first-order chi connectivity index (χ1) is 14.8. The predicted molar refractivity (Wildman–Crippen MR) is 122 cm³/mol. The van der Waals surface area contributed by atoms with E-state index in [9.17, 15) is 0 Å². The fourth-order valence-corrected chi connectivity index (χ4v) is 3.52. The highest BCUT2D eigenvalue weighted by Crippen LogP contribution is 2.21. The van der Waals surface area contributed by atoms with Gasteiger partial charge >= 0.3 is 0 Å². The van der Waals surface area contributed by atoms with E-state index in [1.165, 1.54) is 0 Å². The zero-order chi connectivity index (χ0) is 20.6. The largest absolute Gasteiger partial charge is 0.497 e. The van der Waals surface area contributed by atoms with Gasteiger partial charge in [-0.05, 0) is 48.9 Å². The topological polar surface area (TPSA) is 59.5 Å². The first-order valence-corrected chi connectivity index (χ1v) is 10.4. The first-order valence-electron chi connectivity index (χ1n) is 10.4. The number of nitrogens with one attached hydrogen (secondary N) is 1. The molecule has 1 saturated heterocycles. The molecule has 2 heterocycles. The Bertz CT molecular complexity index is 982. The van der Waals surface area contributed by atoms with Crippen LogP contribution >= 0.6 is 0 Å². The molecule has 6 nitrogen and oxygen atoms in total. The van der Waals surface area contributed by atoms with Gasteiger partial charge in [-0.25, -0.2) is 9.97 Å². The highest BCUT2D eigenvalue weighted by atomic mass is 16.5. The molecule has 1 aliphatic rings. The molecule has 0 unspecified atom stereocenters. The zero-order valence-electron chi connectivity index (χ0n) is 17.4. The third kappa shape index (κ3) is 5.34. The molecule has 2 aromatic carbocycles. The van der Waals surface area contributed by atoms with Gasteiger partial charge in [-0.1, -0.05) is 30.3 Å². The standard InChI is InChI=1S/C24H28N4O2/c1-29-20-10-7-19(8-11-20)9-12-23-26-22-6-3-2-5-21(22)24(27-23)25-13-4-14-28-15-17-30-18-16-28/h2-3,5-12H,4,13-18H2,1H3,(H,25,26,27). The lowest BCUT2D eigenvalue weighted by molar-refractivity contribution is 0.0378. The van der Waals surface area contributed by atoms with Gasteiger partial charge in [0, 0.05) is 25.0 Å². The Morgan fingerprint density at radius 1 is 1.03 bits per heavy atom. The van der Waals surface area contributed by atoms with Crippen molar-refractivity contribution in [2.24, 2.45) is 0 Å². The summed E-state index contributed by atoms with van der Waals surface area (Å²) in [7, 11) is 1.67. The number of ether oxygens (including phenoxy) is 2. The number of hydrogen-bond donors (Lipinski definition) is 1. The smallest absolute Gasteiger partial charge is 0.154 e. The maximum absolute atomic E-state index is 5.42. The average molecular weight is 405 g/mol. The third-order valence-corrected chi connectivity index (χ3v) is 5.21. The monoisotopic (exact) mass is 404 g/mol. The molecule has 0 amide bonds. The summed E-state index contributed by atoms with van der Waals surface area (Å²) in [5, 5.41) is 4.57. The number of fused-ring (bicyclic) bond motifs is 1. The minimum absolute atomic E-state index is 0.695. The van der Waals surface area contributed by atoms with Crippen LogP contribution in [0.25, 0.3) is 23.1 Å². The van der Waals surface area contributed by atoms with Crippen LogP contribution in [0.15, 0.2) is 48.5 Å². The summed E-state index contributed by atoms with van der Waals surface area (Å²) >= 11 is 0. The maximum Gasteiger partial charge on any atom is 0.154 e. The summed E-state index contributed by atoms with van der Waals surface area (Å²) in [5.74, 6) is 2.43. The summed E-state index contributed by atoms with van der Waals surface area (Å²) in [6.07, 6.45) is 5.04. The molecule has 0 radical (unpaired) electrons. The first kappa shape index (κ1) is 20.3. The van der Waals surface area contributed by atoms with Gasteiger partial charge in [-0.2, -0.15) is 0 Å². The number of aromatic nitrogens is 2. The van der Waals surface area contributed by atoms with Crippen LogP contribution < -0.4 is 10.1 Å². The Balaban J connectivity index is 1.45. The Morgan fingerprint density at radius 2 is 1.83 bits per heavy atom. The number of methoxy groups -OCH3 is 1. The molecule has 3 aromatic rings. The van der Waals surface area contributed by atoms with Crippen molar-refractivity contribution in [3.05, 3.63) is 59.9 Å². The second-order valence-electron chi connectivity index (χ2n) is 7.29. The number of anilines is 1. The van der Waals surface area contributed by atoms with Gasteiger partial charge in [-0.3, -0.25) is 4.90 Å². The van der Waals surface area contributed by atoms with Crippen molar-refractivity contribution in [3.63, 3.8) is 0 Å². The zero-order valence-corrected chi connectivity index (χ0v) is 17.4. The van der Waals surface area contributed by atoms with Crippen molar-refractivity contribution >= 4 is 28.9 Å². The quantitative estimate of drug-likeness (QED) is 0.574.